The highest BCUT2D eigenvalue weighted by atomic mass is 16.2. The molecule has 1 aliphatic rings. The second-order valence-electron chi connectivity index (χ2n) is 10.2. The third kappa shape index (κ3) is 6.00. The van der Waals surface area contributed by atoms with Gasteiger partial charge < -0.3 is 10.2 Å². The lowest BCUT2D eigenvalue weighted by molar-refractivity contribution is -0.135. The van der Waals surface area contributed by atoms with Crippen LogP contribution in [0.3, 0.4) is 0 Å². The van der Waals surface area contributed by atoms with E-state index in [1.807, 2.05) is 43.0 Å². The number of amides is 2. The highest BCUT2D eigenvalue weighted by molar-refractivity contribution is 5.98. The number of hydrogen-bond acceptors (Lipinski definition) is 2. The van der Waals surface area contributed by atoms with Gasteiger partial charge in [-0.25, -0.2) is 0 Å². The highest BCUT2D eigenvalue weighted by Crippen LogP contribution is 2.29. The highest BCUT2D eigenvalue weighted by Gasteiger charge is 2.31. The summed E-state index contributed by atoms with van der Waals surface area (Å²) in [5.74, 6) is 0.295. The van der Waals surface area contributed by atoms with Crippen LogP contribution in [0.15, 0.2) is 72.8 Å². The minimum absolute atomic E-state index is 0.00144. The summed E-state index contributed by atoms with van der Waals surface area (Å²) in [7, 11) is 0. The van der Waals surface area contributed by atoms with E-state index < -0.39 is 6.04 Å². The summed E-state index contributed by atoms with van der Waals surface area (Å²) in [4.78, 5) is 28.5. The van der Waals surface area contributed by atoms with Crippen LogP contribution >= 0.6 is 0 Å². The van der Waals surface area contributed by atoms with E-state index in [0.29, 0.717) is 11.5 Å². The van der Waals surface area contributed by atoms with Gasteiger partial charge >= 0.3 is 0 Å². The Morgan fingerprint density at radius 3 is 2.03 bits per heavy atom. The topological polar surface area (TPSA) is 49.4 Å². The zero-order valence-electron chi connectivity index (χ0n) is 21.3. The zero-order valence-corrected chi connectivity index (χ0v) is 21.3. The second kappa shape index (κ2) is 10.9. The van der Waals surface area contributed by atoms with Crippen LogP contribution in [-0.2, 0) is 4.79 Å². The number of carbonyl (C=O) groups is 2. The van der Waals surface area contributed by atoms with Crippen molar-refractivity contribution in [2.45, 2.75) is 52.5 Å². The first kappa shape index (κ1) is 24.7. The Hall–Kier alpha value is -3.40. The van der Waals surface area contributed by atoms with Gasteiger partial charge in [0.15, 0.2) is 0 Å². The predicted octanol–water partition coefficient (Wildman–Crippen LogP) is 6.13. The van der Waals surface area contributed by atoms with Crippen LogP contribution in [0.4, 0.5) is 0 Å². The van der Waals surface area contributed by atoms with Gasteiger partial charge in [-0.2, -0.15) is 0 Å². The van der Waals surface area contributed by atoms with Crippen molar-refractivity contribution in [2.75, 3.05) is 13.1 Å². The van der Waals surface area contributed by atoms with E-state index in [4.69, 9.17) is 0 Å². The van der Waals surface area contributed by atoms with Crippen LogP contribution in [0.2, 0.25) is 0 Å². The van der Waals surface area contributed by atoms with Crippen molar-refractivity contribution in [3.63, 3.8) is 0 Å². The average molecular weight is 469 g/mol. The lowest BCUT2D eigenvalue weighted by Crippen LogP contribution is -2.52. The van der Waals surface area contributed by atoms with Gasteiger partial charge in [0.2, 0.25) is 5.91 Å². The Bertz CT molecular complexity index is 1160. The van der Waals surface area contributed by atoms with Gasteiger partial charge in [-0.15, -0.1) is 0 Å². The van der Waals surface area contributed by atoms with Crippen LogP contribution in [-0.4, -0.2) is 35.8 Å². The van der Waals surface area contributed by atoms with Crippen molar-refractivity contribution < 1.29 is 9.59 Å². The SMILES string of the molecule is Cc1ccc(-c2cccc(C(=O)N[C@@H](C(=O)N3CCC(c4ccc(C)cc4)CC3)C(C)C)c2)cc1. The molecular formula is C31H36N2O2. The number of benzene rings is 3. The third-order valence-electron chi connectivity index (χ3n) is 7.08. The lowest BCUT2D eigenvalue weighted by Gasteiger charge is -2.35. The standard InChI is InChI=1S/C31H36N2O2/c1-21(2)29(31(35)33-18-16-26(17-19-33)24-12-8-22(3)9-13-24)32-30(34)28-7-5-6-27(20-28)25-14-10-23(4)11-15-25/h5-15,20-21,26,29H,16-19H2,1-4H3,(H,32,34)/t29-/m1/s1. The number of rotatable bonds is 6. The molecule has 3 aromatic carbocycles. The molecule has 1 aliphatic heterocycles. The molecule has 4 heteroatoms. The largest absolute Gasteiger partial charge is 0.341 e. The van der Waals surface area contributed by atoms with Crippen molar-refractivity contribution >= 4 is 11.8 Å². The molecule has 0 radical (unpaired) electrons. The van der Waals surface area contributed by atoms with Crippen molar-refractivity contribution in [3.8, 4) is 11.1 Å². The Morgan fingerprint density at radius 2 is 1.43 bits per heavy atom. The second-order valence-corrected chi connectivity index (χ2v) is 10.2. The molecule has 1 heterocycles. The molecule has 0 bridgehead atoms. The quantitative estimate of drug-likeness (QED) is 0.473. The van der Waals surface area contributed by atoms with Gasteiger partial charge in [-0.05, 0) is 67.3 Å². The van der Waals surface area contributed by atoms with Crippen LogP contribution < -0.4 is 5.32 Å². The Morgan fingerprint density at radius 1 is 0.829 bits per heavy atom. The van der Waals surface area contributed by atoms with E-state index in [2.05, 4.69) is 67.7 Å². The summed E-state index contributed by atoms with van der Waals surface area (Å²) in [6.45, 7) is 9.58. The number of hydrogen-bond donors (Lipinski definition) is 1. The molecule has 182 valence electrons. The Labute approximate surface area is 209 Å². The maximum atomic E-state index is 13.4. The number of nitrogens with one attached hydrogen (secondary N) is 1. The van der Waals surface area contributed by atoms with E-state index in [1.165, 1.54) is 16.7 Å². The van der Waals surface area contributed by atoms with Crippen LogP contribution in [0, 0.1) is 19.8 Å². The summed E-state index contributed by atoms with van der Waals surface area (Å²) in [6, 6.07) is 24.1. The fourth-order valence-corrected chi connectivity index (χ4v) is 4.79. The molecule has 0 saturated carbocycles. The van der Waals surface area contributed by atoms with Crippen molar-refractivity contribution in [2.24, 2.45) is 5.92 Å². The molecule has 0 aliphatic carbocycles. The lowest BCUT2D eigenvalue weighted by atomic mass is 9.88. The number of carbonyl (C=O) groups excluding carboxylic acids is 2. The molecule has 3 aromatic rings. The fourth-order valence-electron chi connectivity index (χ4n) is 4.79. The molecule has 1 N–H and O–H groups in total. The summed E-state index contributed by atoms with van der Waals surface area (Å²) < 4.78 is 0. The number of nitrogens with zero attached hydrogens (tertiary/aromatic N) is 1. The first-order chi connectivity index (χ1) is 16.8. The number of aryl methyl sites for hydroxylation is 2. The normalized spacial score (nSPS) is 15.2. The summed E-state index contributed by atoms with van der Waals surface area (Å²) >= 11 is 0. The van der Waals surface area contributed by atoms with Gasteiger partial charge in [0.05, 0.1) is 0 Å². The summed E-state index contributed by atoms with van der Waals surface area (Å²) in [5.41, 5.74) is 6.44. The molecular weight excluding hydrogens is 432 g/mol. The van der Waals surface area contributed by atoms with Gasteiger partial charge in [0.25, 0.3) is 5.91 Å². The minimum Gasteiger partial charge on any atom is -0.341 e. The third-order valence-corrected chi connectivity index (χ3v) is 7.08. The van der Waals surface area contributed by atoms with Gasteiger partial charge in [0, 0.05) is 18.7 Å². The predicted molar refractivity (Wildman–Crippen MR) is 142 cm³/mol. The van der Waals surface area contributed by atoms with Crippen molar-refractivity contribution in [1.82, 2.24) is 10.2 Å². The van der Waals surface area contributed by atoms with Crippen molar-refractivity contribution in [3.05, 3.63) is 95.1 Å². The molecule has 0 aromatic heterocycles. The molecule has 35 heavy (non-hydrogen) atoms. The van der Waals surface area contributed by atoms with Crippen LogP contribution in [0.5, 0.6) is 0 Å². The molecule has 4 nitrogen and oxygen atoms in total. The molecule has 1 saturated heterocycles. The summed E-state index contributed by atoms with van der Waals surface area (Å²) in [5, 5.41) is 3.04. The number of likely N-dealkylation sites (tertiary alicyclic amines) is 1. The van der Waals surface area contributed by atoms with Crippen LogP contribution in [0.1, 0.15) is 59.7 Å². The Balaban J connectivity index is 1.41. The molecule has 2 amide bonds. The minimum atomic E-state index is -0.540. The van der Waals surface area contributed by atoms with Gasteiger partial charge in [-0.1, -0.05) is 85.6 Å². The monoisotopic (exact) mass is 468 g/mol. The number of piperidine rings is 1. The zero-order chi connectivity index (χ0) is 24.9. The fraction of sp³-hybridized carbons (Fsp3) is 0.355. The molecule has 1 fully saturated rings. The van der Waals surface area contributed by atoms with E-state index >= 15 is 0 Å². The van der Waals surface area contributed by atoms with Crippen LogP contribution in [0.25, 0.3) is 11.1 Å². The van der Waals surface area contributed by atoms with E-state index in [0.717, 1.165) is 37.1 Å². The average Bonchev–Trinajstić information content (AvgIpc) is 2.87. The molecule has 0 unspecified atom stereocenters. The van der Waals surface area contributed by atoms with E-state index in [-0.39, 0.29) is 17.7 Å². The maximum Gasteiger partial charge on any atom is 0.251 e. The van der Waals surface area contributed by atoms with E-state index in [1.54, 1.807) is 0 Å². The van der Waals surface area contributed by atoms with E-state index in [9.17, 15) is 9.59 Å². The first-order valence-electron chi connectivity index (χ1n) is 12.6. The molecule has 4 rings (SSSR count). The molecule has 0 spiro atoms. The smallest absolute Gasteiger partial charge is 0.251 e. The van der Waals surface area contributed by atoms with Gasteiger partial charge in [0.1, 0.15) is 6.04 Å². The molecule has 1 atom stereocenters. The van der Waals surface area contributed by atoms with Gasteiger partial charge in [-0.3, -0.25) is 9.59 Å². The first-order valence-corrected chi connectivity index (χ1v) is 12.6. The Kier molecular flexibility index (Phi) is 7.70. The summed E-state index contributed by atoms with van der Waals surface area (Å²) in [6.07, 6.45) is 1.90. The van der Waals surface area contributed by atoms with Crippen molar-refractivity contribution in [1.29, 1.82) is 0 Å². The maximum absolute atomic E-state index is 13.4.